The van der Waals surface area contributed by atoms with Gasteiger partial charge in [-0.2, -0.15) is 0 Å². The van der Waals surface area contributed by atoms with Gasteiger partial charge in [0.25, 0.3) is 0 Å². The summed E-state index contributed by atoms with van der Waals surface area (Å²) in [6, 6.07) is 0. The van der Waals surface area contributed by atoms with E-state index in [1.54, 1.807) is 16.7 Å². The van der Waals surface area contributed by atoms with Crippen LogP contribution in [0.1, 0.15) is 54.2 Å². The van der Waals surface area contributed by atoms with Crippen LogP contribution in [-0.2, 0) is 35.3 Å². The van der Waals surface area contributed by atoms with Gasteiger partial charge in [0.15, 0.2) is 0 Å². The van der Waals surface area contributed by atoms with Gasteiger partial charge in [-0.3, -0.25) is 0 Å². The van der Waals surface area contributed by atoms with Crippen LogP contribution in [0, 0.1) is 0 Å². The van der Waals surface area contributed by atoms with Crippen molar-refractivity contribution in [2.75, 3.05) is 0 Å². The van der Waals surface area contributed by atoms with Gasteiger partial charge in [0.2, 0.25) is 0 Å². The van der Waals surface area contributed by atoms with Crippen molar-refractivity contribution in [3.05, 3.63) is 33.4 Å². The minimum atomic E-state index is 0.962. The minimum Gasteiger partial charge on any atom is -0.0876 e. The van der Waals surface area contributed by atoms with Crippen molar-refractivity contribution < 1.29 is 0 Å². The molecule has 0 saturated heterocycles. The second-order valence-corrected chi connectivity index (χ2v) is 6.02. The van der Waals surface area contributed by atoms with E-state index in [0.29, 0.717) is 0 Å². The molecule has 0 spiro atoms. The summed E-state index contributed by atoms with van der Waals surface area (Å²) < 4.78 is 0. The molecule has 1 rings (SSSR count). The zero-order chi connectivity index (χ0) is 13.7. The number of hydrogen-bond acceptors (Lipinski definition) is 0. The largest absolute Gasteiger partial charge is 0.0876 e. The smallest absolute Gasteiger partial charge is 0.0288 e. The highest BCUT2D eigenvalue weighted by Crippen LogP contribution is 2.34. The quantitative estimate of drug-likeness (QED) is 0.472. The standard InChI is InChI=1S/C15H21Br3/c1-4-10-13(7-16)11(5-2)15(9-18)12(6-3)14(10)8-17/h4-9H2,1-3H3. The van der Waals surface area contributed by atoms with Crippen molar-refractivity contribution in [3.63, 3.8) is 0 Å². The SMILES string of the molecule is CCc1c(CBr)c(CC)c(CBr)c(CC)c1CBr. The van der Waals surface area contributed by atoms with E-state index < -0.39 is 0 Å². The van der Waals surface area contributed by atoms with Gasteiger partial charge in [0.05, 0.1) is 0 Å². The zero-order valence-electron chi connectivity index (χ0n) is 11.4. The van der Waals surface area contributed by atoms with E-state index in [1.807, 2.05) is 0 Å². The van der Waals surface area contributed by atoms with Crippen LogP contribution in [0.4, 0.5) is 0 Å². The second-order valence-electron chi connectivity index (χ2n) is 4.33. The van der Waals surface area contributed by atoms with Gasteiger partial charge in [-0.25, -0.2) is 0 Å². The molecule has 102 valence electrons. The highest BCUT2D eigenvalue weighted by molar-refractivity contribution is 9.09. The lowest BCUT2D eigenvalue weighted by Gasteiger charge is -2.23. The van der Waals surface area contributed by atoms with Crippen molar-refractivity contribution in [3.8, 4) is 0 Å². The number of halogens is 3. The Morgan fingerprint density at radius 1 is 0.500 bits per heavy atom. The molecule has 0 unspecified atom stereocenters. The Labute approximate surface area is 136 Å². The van der Waals surface area contributed by atoms with Gasteiger partial charge >= 0.3 is 0 Å². The summed E-state index contributed by atoms with van der Waals surface area (Å²) in [7, 11) is 0. The first-order chi connectivity index (χ1) is 8.69. The van der Waals surface area contributed by atoms with Crippen LogP contribution in [0.2, 0.25) is 0 Å². The van der Waals surface area contributed by atoms with Crippen molar-refractivity contribution >= 4 is 47.8 Å². The van der Waals surface area contributed by atoms with Gasteiger partial charge in [-0.05, 0) is 52.6 Å². The molecule has 0 fully saturated rings. The third kappa shape index (κ3) is 3.04. The van der Waals surface area contributed by atoms with E-state index in [2.05, 4.69) is 68.6 Å². The number of rotatable bonds is 6. The van der Waals surface area contributed by atoms with Crippen LogP contribution < -0.4 is 0 Å². The minimum absolute atomic E-state index is 0.962. The van der Waals surface area contributed by atoms with E-state index in [9.17, 15) is 0 Å². The summed E-state index contributed by atoms with van der Waals surface area (Å²) in [5.74, 6) is 0. The molecule has 0 nitrogen and oxygen atoms in total. The van der Waals surface area contributed by atoms with Gasteiger partial charge in [-0.15, -0.1) is 0 Å². The maximum absolute atomic E-state index is 3.68. The average Bonchev–Trinajstić information content (AvgIpc) is 2.43. The Kier molecular flexibility index (Phi) is 7.48. The first-order valence-electron chi connectivity index (χ1n) is 6.54. The molecule has 0 atom stereocenters. The topological polar surface area (TPSA) is 0 Å². The molecule has 0 radical (unpaired) electrons. The Hall–Kier alpha value is 0.660. The normalized spacial score (nSPS) is 11.0. The monoisotopic (exact) mass is 438 g/mol. The molecule has 18 heavy (non-hydrogen) atoms. The van der Waals surface area contributed by atoms with Crippen LogP contribution >= 0.6 is 47.8 Å². The molecule has 0 amide bonds. The van der Waals surface area contributed by atoms with Crippen LogP contribution in [0.25, 0.3) is 0 Å². The lowest BCUT2D eigenvalue weighted by Crippen LogP contribution is -2.10. The highest BCUT2D eigenvalue weighted by atomic mass is 79.9. The van der Waals surface area contributed by atoms with E-state index in [-0.39, 0.29) is 0 Å². The summed E-state index contributed by atoms with van der Waals surface area (Å²) in [6.45, 7) is 6.79. The maximum Gasteiger partial charge on any atom is 0.0288 e. The average molecular weight is 441 g/mol. The van der Waals surface area contributed by atoms with Gasteiger partial charge in [0.1, 0.15) is 0 Å². The highest BCUT2D eigenvalue weighted by Gasteiger charge is 2.19. The van der Waals surface area contributed by atoms with E-state index >= 15 is 0 Å². The van der Waals surface area contributed by atoms with Crippen LogP contribution in [-0.4, -0.2) is 0 Å². The Morgan fingerprint density at radius 3 is 0.833 bits per heavy atom. The fourth-order valence-corrected chi connectivity index (χ4v) is 4.89. The molecular weight excluding hydrogens is 420 g/mol. The van der Waals surface area contributed by atoms with Gasteiger partial charge in [0, 0.05) is 16.0 Å². The van der Waals surface area contributed by atoms with E-state index in [4.69, 9.17) is 0 Å². The molecule has 0 aliphatic rings. The second kappa shape index (κ2) is 8.06. The number of benzene rings is 1. The van der Waals surface area contributed by atoms with E-state index in [1.165, 1.54) is 16.7 Å². The fourth-order valence-electron chi connectivity index (χ4n) is 2.86. The summed E-state index contributed by atoms with van der Waals surface area (Å²) in [5.41, 5.74) is 9.18. The lowest BCUT2D eigenvalue weighted by atomic mass is 9.85. The molecular formula is C15H21Br3. The molecule has 1 aromatic rings. The Balaban J connectivity index is 3.71. The molecule has 0 N–H and O–H groups in total. The predicted molar refractivity (Wildman–Crippen MR) is 92.5 cm³/mol. The lowest BCUT2D eigenvalue weighted by molar-refractivity contribution is 0.951. The first kappa shape index (κ1) is 16.7. The number of hydrogen-bond donors (Lipinski definition) is 0. The predicted octanol–water partition coefficient (Wildman–Crippen LogP) is 6.06. The number of alkyl halides is 3. The molecule has 0 heterocycles. The van der Waals surface area contributed by atoms with Crippen LogP contribution in [0.3, 0.4) is 0 Å². The molecule has 0 aromatic heterocycles. The summed E-state index contributed by atoms with van der Waals surface area (Å²) in [5, 5.41) is 2.88. The van der Waals surface area contributed by atoms with Crippen molar-refractivity contribution in [1.82, 2.24) is 0 Å². The molecule has 3 heteroatoms. The zero-order valence-corrected chi connectivity index (χ0v) is 16.1. The van der Waals surface area contributed by atoms with E-state index in [0.717, 1.165) is 35.3 Å². The van der Waals surface area contributed by atoms with Crippen molar-refractivity contribution in [2.45, 2.75) is 56.0 Å². The third-order valence-electron chi connectivity index (χ3n) is 3.65. The van der Waals surface area contributed by atoms with Crippen molar-refractivity contribution in [1.29, 1.82) is 0 Å². The van der Waals surface area contributed by atoms with Crippen molar-refractivity contribution in [2.24, 2.45) is 0 Å². The molecule has 0 saturated carbocycles. The Bertz CT molecular complexity index is 290. The van der Waals surface area contributed by atoms with Crippen LogP contribution in [0.15, 0.2) is 0 Å². The third-order valence-corrected chi connectivity index (χ3v) is 5.33. The summed E-state index contributed by atoms with van der Waals surface area (Å²) >= 11 is 11.1. The fraction of sp³-hybridized carbons (Fsp3) is 0.600. The first-order valence-corrected chi connectivity index (χ1v) is 9.91. The molecule has 1 aromatic carbocycles. The summed E-state index contributed by atoms with van der Waals surface area (Å²) in [4.78, 5) is 0. The molecule has 0 aliphatic carbocycles. The van der Waals surface area contributed by atoms with Crippen LogP contribution in [0.5, 0.6) is 0 Å². The van der Waals surface area contributed by atoms with Gasteiger partial charge in [-0.1, -0.05) is 68.6 Å². The molecule has 0 bridgehead atoms. The Morgan fingerprint density at radius 2 is 0.722 bits per heavy atom. The molecule has 0 aliphatic heterocycles. The maximum atomic E-state index is 3.68. The summed E-state index contributed by atoms with van der Waals surface area (Å²) in [6.07, 6.45) is 3.35. The van der Waals surface area contributed by atoms with Gasteiger partial charge < -0.3 is 0 Å².